The van der Waals surface area contributed by atoms with Crippen LogP contribution >= 0.6 is 0 Å². The fourth-order valence-corrected chi connectivity index (χ4v) is 3.15. The van der Waals surface area contributed by atoms with E-state index in [2.05, 4.69) is 6.08 Å². The quantitative estimate of drug-likeness (QED) is 0.519. The third-order valence-corrected chi connectivity index (χ3v) is 4.73. The third kappa shape index (κ3) is 4.02. The van der Waals surface area contributed by atoms with E-state index in [1.165, 1.54) is 17.7 Å². The molecule has 1 aliphatic carbocycles. The van der Waals surface area contributed by atoms with Crippen LogP contribution < -0.4 is 0 Å². The van der Waals surface area contributed by atoms with Crippen molar-refractivity contribution in [3.63, 3.8) is 0 Å². The second-order valence-corrected chi connectivity index (χ2v) is 7.00. The Morgan fingerprint density at radius 2 is 2.00 bits per heavy atom. The van der Waals surface area contributed by atoms with Crippen molar-refractivity contribution in [2.75, 3.05) is 0 Å². The summed E-state index contributed by atoms with van der Waals surface area (Å²) in [5, 5.41) is 31.7. The standard InChI is InChI=1S/C21H28O4/c1-4-5-6-7-18(23)21(25)13-12-16-15(9-8-14(2)3)10-11-17(22)19(16)20(21)24/h8,10-13,20,22,24-25H,4-7,9H2,1-3H3/t20-,21-/m0/s1. The Morgan fingerprint density at radius 3 is 2.64 bits per heavy atom. The topological polar surface area (TPSA) is 77.8 Å². The number of carbonyl (C=O) groups excluding carboxylic acids is 1. The highest BCUT2D eigenvalue weighted by Crippen LogP contribution is 2.42. The fraction of sp³-hybridized carbons (Fsp3) is 0.476. The summed E-state index contributed by atoms with van der Waals surface area (Å²) in [6.07, 6.45) is 7.03. The van der Waals surface area contributed by atoms with Gasteiger partial charge in [-0.3, -0.25) is 4.79 Å². The summed E-state index contributed by atoms with van der Waals surface area (Å²) < 4.78 is 0. The van der Waals surface area contributed by atoms with E-state index >= 15 is 0 Å². The SMILES string of the molecule is CCCCCC(=O)[C@@]1(O)C=Cc2c(CC=C(C)C)ccc(O)c2[C@@H]1O. The van der Waals surface area contributed by atoms with Crippen LogP contribution in [0.1, 0.15) is 69.2 Å². The fourth-order valence-electron chi connectivity index (χ4n) is 3.15. The average Bonchev–Trinajstić information content (AvgIpc) is 2.57. The minimum atomic E-state index is -1.98. The first-order valence-electron chi connectivity index (χ1n) is 8.92. The predicted octanol–water partition coefficient (Wildman–Crippen LogP) is 3.84. The highest BCUT2D eigenvalue weighted by molar-refractivity contribution is 5.92. The van der Waals surface area contributed by atoms with Gasteiger partial charge in [-0.05, 0) is 50.0 Å². The largest absolute Gasteiger partial charge is 0.508 e. The summed E-state index contributed by atoms with van der Waals surface area (Å²) in [7, 11) is 0. The minimum Gasteiger partial charge on any atom is -0.508 e. The number of rotatable bonds is 7. The number of aromatic hydroxyl groups is 1. The van der Waals surface area contributed by atoms with Crippen LogP contribution in [-0.2, 0) is 11.2 Å². The first-order valence-corrected chi connectivity index (χ1v) is 8.92. The van der Waals surface area contributed by atoms with Crippen LogP contribution in [0.5, 0.6) is 5.75 Å². The van der Waals surface area contributed by atoms with Crippen molar-refractivity contribution in [2.45, 2.75) is 64.6 Å². The first kappa shape index (κ1) is 19.4. The molecule has 0 fully saturated rings. The van der Waals surface area contributed by atoms with Crippen LogP contribution in [-0.4, -0.2) is 26.7 Å². The number of phenolic OH excluding ortho intramolecular Hbond substituents is 1. The molecule has 0 radical (unpaired) electrons. The molecule has 1 aliphatic rings. The number of carbonyl (C=O) groups is 1. The Morgan fingerprint density at radius 1 is 1.28 bits per heavy atom. The number of hydrogen-bond donors (Lipinski definition) is 3. The molecule has 25 heavy (non-hydrogen) atoms. The predicted molar refractivity (Wildman–Crippen MR) is 99.3 cm³/mol. The number of benzene rings is 1. The molecule has 2 rings (SSSR count). The van der Waals surface area contributed by atoms with Gasteiger partial charge in [0.15, 0.2) is 11.4 Å². The molecule has 1 aromatic rings. The summed E-state index contributed by atoms with van der Waals surface area (Å²) in [4.78, 5) is 12.5. The zero-order chi connectivity index (χ0) is 18.6. The van der Waals surface area contributed by atoms with E-state index in [-0.39, 0.29) is 17.7 Å². The molecule has 0 saturated carbocycles. The summed E-state index contributed by atoms with van der Waals surface area (Å²) in [6, 6.07) is 3.31. The van der Waals surface area contributed by atoms with E-state index in [1.54, 1.807) is 12.1 Å². The van der Waals surface area contributed by atoms with Crippen molar-refractivity contribution in [1.82, 2.24) is 0 Å². The molecule has 4 nitrogen and oxygen atoms in total. The smallest absolute Gasteiger partial charge is 0.171 e. The normalized spacial score (nSPS) is 21.7. The third-order valence-electron chi connectivity index (χ3n) is 4.73. The molecule has 3 N–H and O–H groups in total. The van der Waals surface area contributed by atoms with E-state index < -0.39 is 17.5 Å². The Kier molecular flexibility index (Phi) is 6.20. The molecular formula is C21H28O4. The Labute approximate surface area is 149 Å². The van der Waals surface area contributed by atoms with E-state index in [1.807, 2.05) is 20.8 Å². The molecule has 0 aliphatic heterocycles. The van der Waals surface area contributed by atoms with E-state index in [9.17, 15) is 20.1 Å². The first-order chi connectivity index (χ1) is 11.8. The molecule has 0 spiro atoms. The maximum absolute atomic E-state index is 12.5. The van der Waals surface area contributed by atoms with Crippen LogP contribution in [0.2, 0.25) is 0 Å². The molecule has 0 aromatic heterocycles. The lowest BCUT2D eigenvalue weighted by Crippen LogP contribution is -2.44. The number of aliphatic hydroxyl groups is 2. The van der Waals surface area contributed by atoms with Crippen molar-refractivity contribution < 1.29 is 20.1 Å². The van der Waals surface area contributed by atoms with Crippen molar-refractivity contribution >= 4 is 11.9 Å². The van der Waals surface area contributed by atoms with Gasteiger partial charge in [-0.25, -0.2) is 0 Å². The highest BCUT2D eigenvalue weighted by atomic mass is 16.4. The van der Waals surface area contributed by atoms with Crippen molar-refractivity contribution in [1.29, 1.82) is 0 Å². The number of unbranched alkanes of at least 4 members (excludes halogenated alkanes) is 2. The summed E-state index contributed by atoms with van der Waals surface area (Å²) >= 11 is 0. The maximum Gasteiger partial charge on any atom is 0.171 e. The number of ketones is 1. The Bertz CT molecular complexity index is 698. The van der Waals surface area contributed by atoms with E-state index in [0.29, 0.717) is 18.4 Å². The second kappa shape index (κ2) is 7.98. The Balaban J connectivity index is 2.37. The van der Waals surface area contributed by atoms with E-state index in [0.717, 1.165) is 18.4 Å². The molecule has 0 unspecified atom stereocenters. The van der Waals surface area contributed by atoms with Crippen molar-refractivity contribution in [3.8, 4) is 5.75 Å². The van der Waals surface area contributed by atoms with Crippen molar-refractivity contribution in [3.05, 3.63) is 46.5 Å². The van der Waals surface area contributed by atoms with Gasteiger partial charge in [-0.15, -0.1) is 0 Å². The second-order valence-electron chi connectivity index (χ2n) is 7.00. The number of Topliss-reactive ketones (excluding diaryl/α,β-unsaturated/α-hetero) is 1. The molecular weight excluding hydrogens is 316 g/mol. The summed E-state index contributed by atoms with van der Waals surface area (Å²) in [6.45, 7) is 6.05. The van der Waals surface area contributed by atoms with Gasteiger partial charge in [0.25, 0.3) is 0 Å². The van der Waals surface area contributed by atoms with Gasteiger partial charge in [-0.1, -0.05) is 43.6 Å². The zero-order valence-corrected chi connectivity index (χ0v) is 15.2. The van der Waals surface area contributed by atoms with Gasteiger partial charge >= 0.3 is 0 Å². The molecule has 0 amide bonds. The number of hydrogen-bond acceptors (Lipinski definition) is 4. The molecule has 4 heteroatoms. The molecule has 2 atom stereocenters. The van der Waals surface area contributed by atoms with Gasteiger partial charge in [0, 0.05) is 12.0 Å². The molecule has 136 valence electrons. The lowest BCUT2D eigenvalue weighted by Gasteiger charge is -2.34. The molecule has 0 heterocycles. The van der Waals surface area contributed by atoms with Crippen molar-refractivity contribution in [2.24, 2.45) is 0 Å². The summed E-state index contributed by atoms with van der Waals surface area (Å²) in [5.74, 6) is -0.517. The zero-order valence-electron chi connectivity index (χ0n) is 15.2. The van der Waals surface area contributed by atoms with Gasteiger partial charge in [-0.2, -0.15) is 0 Å². The number of allylic oxidation sites excluding steroid dienone is 2. The Hall–Kier alpha value is -1.91. The molecule has 1 aromatic carbocycles. The number of fused-ring (bicyclic) bond motifs is 1. The monoisotopic (exact) mass is 344 g/mol. The van der Waals surface area contributed by atoms with Gasteiger partial charge in [0.1, 0.15) is 11.9 Å². The minimum absolute atomic E-state index is 0.104. The number of aliphatic hydroxyl groups excluding tert-OH is 1. The molecule has 0 saturated heterocycles. The van der Waals surface area contributed by atoms with Gasteiger partial charge < -0.3 is 15.3 Å². The van der Waals surface area contributed by atoms with Crippen LogP contribution in [0.3, 0.4) is 0 Å². The van der Waals surface area contributed by atoms with E-state index in [4.69, 9.17) is 0 Å². The lowest BCUT2D eigenvalue weighted by atomic mass is 9.77. The van der Waals surface area contributed by atoms with Gasteiger partial charge in [0.05, 0.1) is 0 Å². The van der Waals surface area contributed by atoms with Crippen LogP contribution in [0.15, 0.2) is 29.9 Å². The average molecular weight is 344 g/mol. The molecule has 0 bridgehead atoms. The summed E-state index contributed by atoms with van der Waals surface area (Å²) in [5.41, 5.74) is 1.03. The number of phenols is 1. The van der Waals surface area contributed by atoms with Gasteiger partial charge in [0.2, 0.25) is 0 Å². The maximum atomic E-state index is 12.5. The highest BCUT2D eigenvalue weighted by Gasteiger charge is 2.45. The van der Waals surface area contributed by atoms with Crippen LogP contribution in [0.25, 0.3) is 6.08 Å². The lowest BCUT2D eigenvalue weighted by molar-refractivity contribution is -0.143. The van der Waals surface area contributed by atoms with Crippen LogP contribution in [0.4, 0.5) is 0 Å². The van der Waals surface area contributed by atoms with Crippen LogP contribution in [0, 0.1) is 0 Å².